The molecule has 0 aliphatic heterocycles. The number of aromatic nitrogens is 2. The fraction of sp³-hybridized carbons (Fsp3) is 0.636. The lowest BCUT2D eigenvalue weighted by Gasteiger charge is -2.13. The second kappa shape index (κ2) is 5.34. The molecule has 0 aliphatic rings. The number of nitrogens with zero attached hydrogens (tertiary/aromatic N) is 1. The lowest BCUT2D eigenvalue weighted by Crippen LogP contribution is -2.39. The molecule has 1 N–H and O–H groups in total. The Kier molecular flexibility index (Phi) is 4.35. The summed E-state index contributed by atoms with van der Waals surface area (Å²) in [6, 6.07) is -0.107. The molecule has 1 atom stereocenters. The van der Waals surface area contributed by atoms with E-state index in [0.717, 1.165) is 12.8 Å². The van der Waals surface area contributed by atoms with Crippen LogP contribution in [-0.4, -0.2) is 9.55 Å². The summed E-state index contributed by atoms with van der Waals surface area (Å²) in [4.78, 5) is 26.2. The molecular formula is C11H17ClN2O2. The van der Waals surface area contributed by atoms with Crippen molar-refractivity contribution in [3.8, 4) is 0 Å². The van der Waals surface area contributed by atoms with Gasteiger partial charge >= 0.3 is 5.69 Å². The van der Waals surface area contributed by atoms with Crippen molar-refractivity contribution in [1.29, 1.82) is 0 Å². The van der Waals surface area contributed by atoms with Gasteiger partial charge in [-0.15, -0.1) is 0 Å². The zero-order chi connectivity index (χ0) is 12.3. The molecule has 0 saturated carbocycles. The summed E-state index contributed by atoms with van der Waals surface area (Å²) in [5.41, 5.74) is -0.182. The molecule has 5 heteroatoms. The number of halogens is 1. The van der Waals surface area contributed by atoms with Gasteiger partial charge in [-0.1, -0.05) is 31.9 Å². The minimum absolute atomic E-state index is 0.107. The number of hydrogen-bond donors (Lipinski definition) is 1. The second-order valence-electron chi connectivity index (χ2n) is 3.91. The molecule has 0 amide bonds. The van der Waals surface area contributed by atoms with Gasteiger partial charge in [0.05, 0.1) is 5.56 Å². The predicted molar refractivity (Wildman–Crippen MR) is 65.3 cm³/mol. The molecule has 16 heavy (non-hydrogen) atoms. The highest BCUT2D eigenvalue weighted by atomic mass is 35.5. The van der Waals surface area contributed by atoms with Crippen LogP contribution in [0.2, 0.25) is 5.15 Å². The maximum absolute atomic E-state index is 12.1. The average molecular weight is 245 g/mol. The minimum Gasteiger partial charge on any atom is -0.297 e. The van der Waals surface area contributed by atoms with E-state index in [4.69, 9.17) is 11.6 Å². The SMILES string of the molecule is CCCc1c(Cl)[nH]c(=O)n(C(C)CC)c1=O. The Morgan fingerprint density at radius 2 is 2.00 bits per heavy atom. The summed E-state index contributed by atoms with van der Waals surface area (Å²) in [6.07, 6.45) is 2.14. The van der Waals surface area contributed by atoms with Crippen molar-refractivity contribution >= 4 is 11.6 Å². The van der Waals surface area contributed by atoms with Crippen LogP contribution < -0.4 is 11.2 Å². The zero-order valence-electron chi connectivity index (χ0n) is 9.84. The number of rotatable bonds is 4. The molecule has 0 fully saturated rings. The first-order valence-corrected chi connectivity index (χ1v) is 5.93. The first-order chi connectivity index (χ1) is 7.52. The third kappa shape index (κ3) is 2.38. The summed E-state index contributed by atoms with van der Waals surface area (Å²) in [5.74, 6) is 0. The molecule has 1 heterocycles. The fourth-order valence-corrected chi connectivity index (χ4v) is 1.87. The normalized spacial score (nSPS) is 12.8. The summed E-state index contributed by atoms with van der Waals surface area (Å²) >= 11 is 5.86. The molecule has 0 spiro atoms. The molecule has 0 aromatic carbocycles. The van der Waals surface area contributed by atoms with Crippen LogP contribution in [0.15, 0.2) is 9.59 Å². The smallest absolute Gasteiger partial charge is 0.297 e. The summed E-state index contributed by atoms with van der Waals surface area (Å²) in [6.45, 7) is 5.75. The van der Waals surface area contributed by atoms with Gasteiger partial charge in [-0.05, 0) is 19.8 Å². The lowest BCUT2D eigenvalue weighted by molar-refractivity contribution is 0.485. The lowest BCUT2D eigenvalue weighted by atomic mass is 10.2. The molecule has 0 bridgehead atoms. The van der Waals surface area contributed by atoms with Crippen LogP contribution in [0.25, 0.3) is 0 Å². The Bertz CT molecular complexity index is 476. The highest BCUT2D eigenvalue weighted by Gasteiger charge is 2.14. The number of H-pyrrole nitrogens is 1. The van der Waals surface area contributed by atoms with Crippen LogP contribution in [-0.2, 0) is 6.42 Å². The molecule has 0 radical (unpaired) electrons. The summed E-state index contributed by atoms with van der Waals surface area (Å²) in [5, 5.41) is 0.177. The third-order valence-corrected chi connectivity index (χ3v) is 3.03. The van der Waals surface area contributed by atoms with Gasteiger partial charge < -0.3 is 0 Å². The van der Waals surface area contributed by atoms with Crippen LogP contribution in [0.5, 0.6) is 0 Å². The van der Waals surface area contributed by atoms with E-state index in [1.54, 1.807) is 0 Å². The molecule has 0 saturated heterocycles. The van der Waals surface area contributed by atoms with Crippen molar-refractivity contribution in [2.45, 2.75) is 46.1 Å². The first kappa shape index (κ1) is 13.0. The number of nitrogens with one attached hydrogen (secondary N) is 1. The molecule has 4 nitrogen and oxygen atoms in total. The van der Waals surface area contributed by atoms with E-state index in [1.165, 1.54) is 4.57 Å². The van der Waals surface area contributed by atoms with Crippen LogP contribution in [0.3, 0.4) is 0 Å². The molecule has 1 aromatic rings. The first-order valence-electron chi connectivity index (χ1n) is 5.56. The number of aromatic amines is 1. The number of hydrogen-bond acceptors (Lipinski definition) is 2. The largest absolute Gasteiger partial charge is 0.329 e. The Hall–Kier alpha value is -1.03. The van der Waals surface area contributed by atoms with Crippen molar-refractivity contribution in [2.24, 2.45) is 0 Å². The van der Waals surface area contributed by atoms with Gasteiger partial charge in [-0.2, -0.15) is 0 Å². The standard InChI is InChI=1S/C11H17ClN2O2/c1-4-6-8-9(12)13-11(16)14(10(8)15)7(3)5-2/h7H,4-6H2,1-3H3,(H,13,16). The topological polar surface area (TPSA) is 54.9 Å². The summed E-state index contributed by atoms with van der Waals surface area (Å²) < 4.78 is 1.25. The Balaban J connectivity index is 3.45. The van der Waals surface area contributed by atoms with E-state index in [1.807, 2.05) is 20.8 Å². The van der Waals surface area contributed by atoms with Gasteiger partial charge in [0, 0.05) is 6.04 Å². The molecule has 0 aliphatic carbocycles. The van der Waals surface area contributed by atoms with Crippen molar-refractivity contribution in [3.05, 3.63) is 31.6 Å². The average Bonchev–Trinajstić information content (AvgIpc) is 2.23. The van der Waals surface area contributed by atoms with Gasteiger partial charge in [-0.25, -0.2) is 4.79 Å². The summed E-state index contributed by atoms with van der Waals surface area (Å²) in [7, 11) is 0. The molecule has 1 aromatic heterocycles. The minimum atomic E-state index is -0.427. The monoisotopic (exact) mass is 244 g/mol. The fourth-order valence-electron chi connectivity index (χ4n) is 1.61. The van der Waals surface area contributed by atoms with Crippen LogP contribution in [0, 0.1) is 0 Å². The van der Waals surface area contributed by atoms with Gasteiger partial charge in [0.15, 0.2) is 0 Å². The highest BCUT2D eigenvalue weighted by molar-refractivity contribution is 6.30. The Morgan fingerprint density at radius 1 is 1.38 bits per heavy atom. The van der Waals surface area contributed by atoms with E-state index >= 15 is 0 Å². The van der Waals surface area contributed by atoms with Gasteiger partial charge in [-0.3, -0.25) is 14.3 Å². The van der Waals surface area contributed by atoms with Crippen LogP contribution >= 0.6 is 11.6 Å². The highest BCUT2D eigenvalue weighted by Crippen LogP contribution is 2.10. The second-order valence-corrected chi connectivity index (χ2v) is 4.28. The van der Waals surface area contributed by atoms with E-state index < -0.39 is 5.69 Å². The van der Waals surface area contributed by atoms with E-state index in [9.17, 15) is 9.59 Å². The van der Waals surface area contributed by atoms with Crippen molar-refractivity contribution in [3.63, 3.8) is 0 Å². The van der Waals surface area contributed by atoms with Crippen molar-refractivity contribution in [1.82, 2.24) is 9.55 Å². The third-order valence-electron chi connectivity index (χ3n) is 2.71. The van der Waals surface area contributed by atoms with E-state index in [0.29, 0.717) is 12.0 Å². The molecule has 90 valence electrons. The zero-order valence-corrected chi connectivity index (χ0v) is 10.6. The molecular weight excluding hydrogens is 228 g/mol. The van der Waals surface area contributed by atoms with Crippen molar-refractivity contribution < 1.29 is 0 Å². The van der Waals surface area contributed by atoms with Gasteiger partial charge in [0.25, 0.3) is 5.56 Å². The molecule has 1 rings (SSSR count). The van der Waals surface area contributed by atoms with E-state index in [-0.39, 0.29) is 16.8 Å². The van der Waals surface area contributed by atoms with Gasteiger partial charge in [0.1, 0.15) is 5.15 Å². The maximum atomic E-state index is 12.1. The van der Waals surface area contributed by atoms with E-state index in [2.05, 4.69) is 4.98 Å². The van der Waals surface area contributed by atoms with Gasteiger partial charge in [0.2, 0.25) is 0 Å². The van der Waals surface area contributed by atoms with Crippen LogP contribution in [0.1, 0.15) is 45.2 Å². The molecule has 1 unspecified atom stereocenters. The quantitative estimate of drug-likeness (QED) is 0.825. The predicted octanol–water partition coefficient (Wildman–Crippen LogP) is 2.11. The maximum Gasteiger partial charge on any atom is 0.329 e. The Labute approximate surface area is 99.3 Å². The Morgan fingerprint density at radius 3 is 2.50 bits per heavy atom. The van der Waals surface area contributed by atoms with Crippen LogP contribution in [0.4, 0.5) is 0 Å². The van der Waals surface area contributed by atoms with Crippen molar-refractivity contribution in [2.75, 3.05) is 0 Å².